The molecule has 0 aromatic heterocycles. The quantitative estimate of drug-likeness (QED) is 0.619. The first kappa shape index (κ1) is 16.8. The lowest BCUT2D eigenvalue weighted by atomic mass is 10.4. The second-order valence-corrected chi connectivity index (χ2v) is 6.61. The first-order valence-electron chi connectivity index (χ1n) is 6.50. The molecule has 20 heavy (non-hydrogen) atoms. The molecule has 5 nitrogen and oxygen atoms in total. The normalized spacial score (nSPS) is 10.9. The van der Waals surface area contributed by atoms with E-state index >= 15 is 0 Å². The van der Waals surface area contributed by atoms with E-state index in [9.17, 15) is 8.42 Å². The lowest BCUT2D eigenvalue weighted by molar-refractivity contribution is 0.596. The Kier molecular flexibility index (Phi) is 6.81. The summed E-state index contributed by atoms with van der Waals surface area (Å²) in [5, 5.41) is 6.60. The number of sulfone groups is 1. The van der Waals surface area contributed by atoms with Crippen LogP contribution in [0.4, 0.5) is 0 Å². The van der Waals surface area contributed by atoms with Gasteiger partial charge in [0.2, 0.25) is 0 Å². The van der Waals surface area contributed by atoms with Gasteiger partial charge in [-0.3, -0.25) is 4.99 Å². The van der Waals surface area contributed by atoms with Crippen LogP contribution in [-0.4, -0.2) is 39.8 Å². The molecule has 0 aliphatic rings. The zero-order valence-electron chi connectivity index (χ0n) is 11.7. The zero-order chi connectivity index (χ0) is 15.0. The largest absolute Gasteiger partial charge is 0.357 e. The van der Waals surface area contributed by atoms with Crippen molar-refractivity contribution in [1.29, 1.82) is 0 Å². The number of nitrogens with one attached hydrogen (secondary N) is 2. The van der Waals surface area contributed by atoms with Crippen molar-refractivity contribution >= 4 is 27.4 Å². The van der Waals surface area contributed by atoms with Gasteiger partial charge in [0.05, 0.1) is 17.2 Å². The van der Waals surface area contributed by atoms with E-state index in [2.05, 4.69) is 15.6 Å². The van der Waals surface area contributed by atoms with Crippen LogP contribution in [0.25, 0.3) is 0 Å². The maximum absolute atomic E-state index is 12.1. The van der Waals surface area contributed by atoms with Crippen LogP contribution < -0.4 is 10.6 Å². The average molecular weight is 318 g/mol. The molecule has 0 aliphatic heterocycles. The average Bonchev–Trinajstić information content (AvgIpc) is 2.39. The fraction of sp³-hybridized carbons (Fsp3) is 0.462. The summed E-state index contributed by atoms with van der Waals surface area (Å²) in [6.45, 7) is 5.58. The Morgan fingerprint density at radius 2 is 1.70 bits per heavy atom. The SMILES string of the molecule is CCNC(=NCCS(=O)(=O)c1ccc(Cl)cc1)NCC. The van der Waals surface area contributed by atoms with Crippen LogP contribution in [0.15, 0.2) is 34.2 Å². The van der Waals surface area contributed by atoms with Gasteiger partial charge in [0.15, 0.2) is 15.8 Å². The monoisotopic (exact) mass is 317 g/mol. The molecule has 0 amide bonds. The maximum Gasteiger partial charge on any atom is 0.191 e. The van der Waals surface area contributed by atoms with Crippen LogP contribution in [0.3, 0.4) is 0 Å². The zero-order valence-corrected chi connectivity index (χ0v) is 13.3. The summed E-state index contributed by atoms with van der Waals surface area (Å²) in [5.41, 5.74) is 0. The van der Waals surface area contributed by atoms with E-state index in [4.69, 9.17) is 11.6 Å². The number of halogens is 1. The lowest BCUT2D eigenvalue weighted by Gasteiger charge is -2.09. The van der Waals surface area contributed by atoms with Crippen molar-refractivity contribution in [2.75, 3.05) is 25.4 Å². The molecule has 0 bridgehead atoms. The lowest BCUT2D eigenvalue weighted by Crippen LogP contribution is -2.37. The van der Waals surface area contributed by atoms with Gasteiger partial charge in [-0.1, -0.05) is 11.6 Å². The minimum Gasteiger partial charge on any atom is -0.357 e. The molecule has 0 saturated heterocycles. The topological polar surface area (TPSA) is 70.6 Å². The Bertz CT molecular complexity index is 533. The van der Waals surface area contributed by atoms with Gasteiger partial charge in [-0.2, -0.15) is 0 Å². The molecule has 0 heterocycles. The van der Waals surface area contributed by atoms with Crippen LogP contribution in [0.5, 0.6) is 0 Å². The molecule has 1 rings (SSSR count). The van der Waals surface area contributed by atoms with Gasteiger partial charge in [-0.15, -0.1) is 0 Å². The van der Waals surface area contributed by atoms with Crippen molar-refractivity contribution in [3.8, 4) is 0 Å². The van der Waals surface area contributed by atoms with Crippen molar-refractivity contribution in [3.63, 3.8) is 0 Å². The summed E-state index contributed by atoms with van der Waals surface area (Å²) in [6.07, 6.45) is 0. The Balaban J connectivity index is 2.67. The third-order valence-corrected chi connectivity index (χ3v) is 4.45. The highest BCUT2D eigenvalue weighted by atomic mass is 35.5. The predicted octanol–water partition coefficient (Wildman–Crippen LogP) is 1.69. The maximum atomic E-state index is 12.1. The van der Waals surface area contributed by atoms with E-state index < -0.39 is 9.84 Å². The van der Waals surface area contributed by atoms with E-state index in [1.807, 2.05) is 13.8 Å². The van der Waals surface area contributed by atoms with E-state index in [1.165, 1.54) is 12.1 Å². The van der Waals surface area contributed by atoms with Gasteiger partial charge in [0, 0.05) is 18.1 Å². The molecule has 0 fully saturated rings. The highest BCUT2D eigenvalue weighted by Gasteiger charge is 2.13. The van der Waals surface area contributed by atoms with Crippen molar-refractivity contribution in [2.24, 2.45) is 4.99 Å². The molecule has 0 aliphatic carbocycles. The molecule has 7 heteroatoms. The summed E-state index contributed by atoms with van der Waals surface area (Å²) in [6, 6.07) is 6.16. The van der Waals surface area contributed by atoms with Gasteiger partial charge in [0.25, 0.3) is 0 Å². The van der Waals surface area contributed by atoms with E-state index in [0.717, 1.165) is 13.1 Å². The minimum atomic E-state index is -3.32. The van der Waals surface area contributed by atoms with E-state index in [1.54, 1.807) is 12.1 Å². The number of hydrogen-bond acceptors (Lipinski definition) is 3. The fourth-order valence-electron chi connectivity index (χ4n) is 1.55. The molecule has 0 saturated carbocycles. The highest BCUT2D eigenvalue weighted by molar-refractivity contribution is 7.91. The number of rotatable bonds is 6. The van der Waals surface area contributed by atoms with Crippen molar-refractivity contribution < 1.29 is 8.42 Å². The minimum absolute atomic E-state index is 0.0328. The third kappa shape index (κ3) is 5.38. The third-order valence-electron chi connectivity index (χ3n) is 2.49. The second kappa shape index (κ2) is 8.11. The van der Waals surface area contributed by atoms with Gasteiger partial charge in [-0.25, -0.2) is 8.42 Å². The van der Waals surface area contributed by atoms with Crippen LogP contribution in [-0.2, 0) is 9.84 Å². The van der Waals surface area contributed by atoms with E-state index in [0.29, 0.717) is 11.0 Å². The predicted molar refractivity (Wildman–Crippen MR) is 83.2 cm³/mol. The van der Waals surface area contributed by atoms with Gasteiger partial charge in [-0.05, 0) is 38.1 Å². The Hall–Kier alpha value is -1.27. The molecular formula is C13H20ClN3O2S. The molecule has 0 radical (unpaired) electrons. The molecule has 112 valence electrons. The van der Waals surface area contributed by atoms with Crippen LogP contribution in [0.1, 0.15) is 13.8 Å². The smallest absolute Gasteiger partial charge is 0.191 e. The molecule has 2 N–H and O–H groups in total. The molecule has 1 aromatic rings. The fourth-order valence-corrected chi connectivity index (χ4v) is 2.79. The standard InChI is InChI=1S/C13H20ClN3O2S/c1-3-15-13(16-4-2)17-9-10-20(18,19)12-7-5-11(14)6-8-12/h5-8H,3-4,9-10H2,1-2H3,(H2,15,16,17). The molecule has 0 unspecified atom stereocenters. The van der Waals surface area contributed by atoms with Crippen molar-refractivity contribution in [3.05, 3.63) is 29.3 Å². The Labute approximate surface area is 125 Å². The van der Waals surface area contributed by atoms with Gasteiger partial charge < -0.3 is 10.6 Å². The van der Waals surface area contributed by atoms with Crippen molar-refractivity contribution in [1.82, 2.24) is 10.6 Å². The summed E-state index contributed by atoms with van der Waals surface area (Å²) in [7, 11) is -3.32. The van der Waals surface area contributed by atoms with E-state index in [-0.39, 0.29) is 17.2 Å². The molecule has 0 spiro atoms. The number of benzene rings is 1. The van der Waals surface area contributed by atoms with Gasteiger partial charge in [0.1, 0.15) is 0 Å². The first-order chi connectivity index (χ1) is 9.49. The number of aliphatic imine (C=N–C) groups is 1. The summed E-state index contributed by atoms with van der Waals surface area (Å²) >= 11 is 5.74. The first-order valence-corrected chi connectivity index (χ1v) is 8.53. The molecule has 1 aromatic carbocycles. The molecular weight excluding hydrogens is 298 g/mol. The van der Waals surface area contributed by atoms with Crippen LogP contribution >= 0.6 is 11.6 Å². The summed E-state index contributed by atoms with van der Waals surface area (Å²) < 4.78 is 24.2. The Morgan fingerprint density at radius 3 is 2.20 bits per heavy atom. The number of hydrogen-bond donors (Lipinski definition) is 2. The van der Waals surface area contributed by atoms with Crippen LogP contribution in [0, 0.1) is 0 Å². The number of guanidine groups is 1. The second-order valence-electron chi connectivity index (χ2n) is 4.06. The van der Waals surface area contributed by atoms with Crippen LogP contribution in [0.2, 0.25) is 5.02 Å². The highest BCUT2D eigenvalue weighted by Crippen LogP contribution is 2.15. The Morgan fingerprint density at radius 1 is 1.15 bits per heavy atom. The van der Waals surface area contributed by atoms with Gasteiger partial charge >= 0.3 is 0 Å². The summed E-state index contributed by atoms with van der Waals surface area (Å²) in [5.74, 6) is 0.593. The summed E-state index contributed by atoms with van der Waals surface area (Å²) in [4.78, 5) is 4.49. The molecule has 0 atom stereocenters. The number of nitrogens with zero attached hydrogens (tertiary/aromatic N) is 1. The van der Waals surface area contributed by atoms with Crippen molar-refractivity contribution in [2.45, 2.75) is 18.7 Å².